The topological polar surface area (TPSA) is 55.9 Å². The fourth-order valence-electron chi connectivity index (χ4n) is 1.74. The van der Waals surface area contributed by atoms with Gasteiger partial charge in [0.15, 0.2) is 0 Å². The number of unbranched alkanes of at least 4 members (excludes halogenated alkanes) is 1. The van der Waals surface area contributed by atoms with E-state index in [2.05, 4.69) is 10.3 Å². The number of aryl methyl sites for hydroxylation is 1. The highest BCUT2D eigenvalue weighted by molar-refractivity contribution is 5.85. The van der Waals surface area contributed by atoms with Gasteiger partial charge >= 0.3 is 0 Å². The van der Waals surface area contributed by atoms with Crippen molar-refractivity contribution in [1.29, 1.82) is 0 Å². The molecule has 0 radical (unpaired) electrons. The van der Waals surface area contributed by atoms with Crippen molar-refractivity contribution >= 4 is 23.8 Å². The maximum absolute atomic E-state index is 13.4. The van der Waals surface area contributed by atoms with E-state index in [0.29, 0.717) is 11.4 Å². The predicted octanol–water partition coefficient (Wildman–Crippen LogP) is 2.92. The SMILES string of the molecule is Cl.Nc1ccc(NCCCCn2ccnc2)c(F)c1. The lowest BCUT2D eigenvalue weighted by molar-refractivity contribution is 0.613. The Hall–Kier alpha value is -1.75. The molecule has 0 fully saturated rings. The van der Waals surface area contributed by atoms with Crippen LogP contribution in [-0.2, 0) is 6.54 Å². The second-order valence-corrected chi connectivity index (χ2v) is 4.17. The van der Waals surface area contributed by atoms with Gasteiger partial charge in [-0.05, 0) is 31.0 Å². The van der Waals surface area contributed by atoms with Gasteiger partial charge in [0.25, 0.3) is 0 Å². The number of anilines is 2. The third-order valence-corrected chi connectivity index (χ3v) is 2.71. The summed E-state index contributed by atoms with van der Waals surface area (Å²) >= 11 is 0. The van der Waals surface area contributed by atoms with Gasteiger partial charge in [-0.1, -0.05) is 0 Å². The molecule has 0 saturated heterocycles. The number of aromatic nitrogens is 2. The Balaban J connectivity index is 0.00000180. The van der Waals surface area contributed by atoms with Crippen LogP contribution in [0.1, 0.15) is 12.8 Å². The lowest BCUT2D eigenvalue weighted by Gasteiger charge is -2.08. The van der Waals surface area contributed by atoms with Crippen LogP contribution < -0.4 is 11.1 Å². The van der Waals surface area contributed by atoms with Crippen molar-refractivity contribution in [2.24, 2.45) is 0 Å². The van der Waals surface area contributed by atoms with Gasteiger partial charge in [-0.3, -0.25) is 0 Å². The van der Waals surface area contributed by atoms with E-state index in [1.807, 2.05) is 10.8 Å². The Kier molecular flexibility index (Phi) is 6.15. The Bertz CT molecular complexity index is 487. The van der Waals surface area contributed by atoms with Crippen LogP contribution >= 0.6 is 12.4 Å². The number of halogens is 2. The highest BCUT2D eigenvalue weighted by Crippen LogP contribution is 2.16. The minimum atomic E-state index is -0.301. The van der Waals surface area contributed by atoms with Crippen LogP contribution in [0.15, 0.2) is 36.9 Å². The molecule has 0 amide bonds. The number of nitrogens with zero attached hydrogens (tertiary/aromatic N) is 2. The molecule has 104 valence electrons. The molecule has 2 rings (SSSR count). The molecule has 1 aromatic heterocycles. The van der Waals surface area contributed by atoms with Gasteiger partial charge in [-0.25, -0.2) is 9.37 Å². The monoisotopic (exact) mass is 284 g/mol. The molecule has 4 nitrogen and oxygen atoms in total. The number of hydrogen-bond acceptors (Lipinski definition) is 3. The quantitative estimate of drug-likeness (QED) is 0.633. The predicted molar refractivity (Wildman–Crippen MR) is 78.0 cm³/mol. The molecule has 19 heavy (non-hydrogen) atoms. The average molecular weight is 285 g/mol. The number of nitrogens with one attached hydrogen (secondary N) is 1. The van der Waals surface area contributed by atoms with E-state index in [4.69, 9.17) is 5.73 Å². The summed E-state index contributed by atoms with van der Waals surface area (Å²) in [4.78, 5) is 3.97. The second kappa shape index (κ2) is 7.63. The second-order valence-electron chi connectivity index (χ2n) is 4.17. The first-order chi connectivity index (χ1) is 8.75. The van der Waals surface area contributed by atoms with E-state index < -0.39 is 0 Å². The summed E-state index contributed by atoms with van der Waals surface area (Å²) in [5, 5.41) is 3.06. The fraction of sp³-hybridized carbons (Fsp3) is 0.308. The molecule has 0 bridgehead atoms. The number of rotatable bonds is 6. The largest absolute Gasteiger partial charge is 0.399 e. The summed E-state index contributed by atoms with van der Waals surface area (Å²) < 4.78 is 15.5. The average Bonchev–Trinajstić information content (AvgIpc) is 2.84. The summed E-state index contributed by atoms with van der Waals surface area (Å²) in [6.07, 6.45) is 7.50. The summed E-state index contributed by atoms with van der Waals surface area (Å²) in [5.41, 5.74) is 6.43. The molecule has 3 N–H and O–H groups in total. The van der Waals surface area contributed by atoms with Crippen LogP contribution in [0.4, 0.5) is 15.8 Å². The number of imidazole rings is 1. The number of benzene rings is 1. The van der Waals surface area contributed by atoms with Crippen LogP contribution in [0.25, 0.3) is 0 Å². The van der Waals surface area contributed by atoms with Crippen LogP contribution in [-0.4, -0.2) is 16.1 Å². The molecule has 0 saturated carbocycles. The van der Waals surface area contributed by atoms with E-state index in [0.717, 1.165) is 25.9 Å². The standard InChI is InChI=1S/C13H17FN4.ClH/c14-12-9-11(15)3-4-13(12)17-5-1-2-7-18-8-6-16-10-18;/h3-4,6,8-10,17H,1-2,5,7,15H2;1H. The first-order valence-electron chi connectivity index (χ1n) is 6.00. The maximum atomic E-state index is 13.4. The molecule has 0 aliphatic rings. The molecule has 0 unspecified atom stereocenters. The minimum absolute atomic E-state index is 0. The zero-order valence-corrected chi connectivity index (χ0v) is 11.4. The van der Waals surface area contributed by atoms with Crippen LogP contribution in [0.5, 0.6) is 0 Å². The molecule has 2 aromatic rings. The van der Waals surface area contributed by atoms with Crippen molar-refractivity contribution in [3.63, 3.8) is 0 Å². The fourth-order valence-corrected chi connectivity index (χ4v) is 1.74. The van der Waals surface area contributed by atoms with Crippen molar-refractivity contribution in [1.82, 2.24) is 9.55 Å². The minimum Gasteiger partial charge on any atom is -0.399 e. The molecule has 1 heterocycles. The lowest BCUT2D eigenvalue weighted by atomic mass is 10.2. The van der Waals surface area contributed by atoms with Crippen LogP contribution in [0, 0.1) is 5.82 Å². The summed E-state index contributed by atoms with van der Waals surface area (Å²) in [7, 11) is 0. The highest BCUT2D eigenvalue weighted by Gasteiger charge is 2.01. The molecular weight excluding hydrogens is 267 g/mol. The van der Waals surface area contributed by atoms with E-state index in [1.54, 1.807) is 24.7 Å². The van der Waals surface area contributed by atoms with E-state index in [-0.39, 0.29) is 18.2 Å². The number of hydrogen-bond donors (Lipinski definition) is 2. The molecule has 0 atom stereocenters. The summed E-state index contributed by atoms with van der Waals surface area (Å²) in [5.74, 6) is -0.301. The van der Waals surface area contributed by atoms with Crippen molar-refractivity contribution in [3.05, 3.63) is 42.7 Å². The third-order valence-electron chi connectivity index (χ3n) is 2.71. The van der Waals surface area contributed by atoms with Crippen molar-refractivity contribution in [2.45, 2.75) is 19.4 Å². The first kappa shape index (κ1) is 15.3. The number of nitrogens with two attached hydrogens (primary N) is 1. The smallest absolute Gasteiger partial charge is 0.148 e. The Morgan fingerprint density at radius 2 is 2.16 bits per heavy atom. The molecular formula is C13H18ClFN4. The zero-order chi connectivity index (χ0) is 12.8. The zero-order valence-electron chi connectivity index (χ0n) is 10.6. The van der Waals surface area contributed by atoms with Gasteiger partial charge in [0, 0.05) is 31.2 Å². The van der Waals surface area contributed by atoms with Gasteiger partial charge in [0.2, 0.25) is 0 Å². The third kappa shape index (κ3) is 4.79. The number of nitrogen functional groups attached to an aromatic ring is 1. The van der Waals surface area contributed by atoms with Crippen molar-refractivity contribution in [3.8, 4) is 0 Å². The van der Waals surface area contributed by atoms with Crippen molar-refractivity contribution in [2.75, 3.05) is 17.6 Å². The van der Waals surface area contributed by atoms with E-state index in [1.165, 1.54) is 6.07 Å². The Labute approximate surface area is 118 Å². The highest BCUT2D eigenvalue weighted by atomic mass is 35.5. The van der Waals surface area contributed by atoms with Crippen molar-refractivity contribution < 1.29 is 4.39 Å². The van der Waals surface area contributed by atoms with Gasteiger partial charge in [-0.2, -0.15) is 0 Å². The van der Waals surface area contributed by atoms with E-state index in [9.17, 15) is 4.39 Å². The van der Waals surface area contributed by atoms with Gasteiger partial charge in [0.1, 0.15) is 5.82 Å². The Morgan fingerprint density at radius 3 is 2.84 bits per heavy atom. The lowest BCUT2D eigenvalue weighted by Crippen LogP contribution is -2.05. The summed E-state index contributed by atoms with van der Waals surface area (Å²) in [6, 6.07) is 4.69. The van der Waals surface area contributed by atoms with Crippen LogP contribution in [0.3, 0.4) is 0 Å². The molecule has 0 aliphatic carbocycles. The van der Waals surface area contributed by atoms with Crippen LogP contribution in [0.2, 0.25) is 0 Å². The van der Waals surface area contributed by atoms with E-state index >= 15 is 0 Å². The Morgan fingerprint density at radius 1 is 1.32 bits per heavy atom. The molecule has 0 spiro atoms. The van der Waals surface area contributed by atoms with Gasteiger partial charge < -0.3 is 15.6 Å². The van der Waals surface area contributed by atoms with Gasteiger partial charge in [0.05, 0.1) is 12.0 Å². The first-order valence-corrected chi connectivity index (χ1v) is 6.00. The summed E-state index contributed by atoms with van der Waals surface area (Å²) in [6.45, 7) is 1.68. The molecule has 0 aliphatic heterocycles. The normalized spacial score (nSPS) is 9.95. The molecule has 1 aromatic carbocycles. The van der Waals surface area contributed by atoms with Gasteiger partial charge in [-0.15, -0.1) is 12.4 Å². The molecule has 6 heteroatoms. The maximum Gasteiger partial charge on any atom is 0.148 e.